The van der Waals surface area contributed by atoms with Crippen molar-refractivity contribution in [2.75, 3.05) is 20.7 Å². The second-order valence-electron chi connectivity index (χ2n) is 6.00. The Morgan fingerprint density at radius 1 is 1.17 bits per heavy atom. The average molecular weight is 348 g/mol. The predicted molar refractivity (Wildman–Crippen MR) is 94.8 cm³/mol. The van der Waals surface area contributed by atoms with Crippen LogP contribution in [0.25, 0.3) is 0 Å². The van der Waals surface area contributed by atoms with Gasteiger partial charge in [-0.15, -0.1) is 0 Å². The van der Waals surface area contributed by atoms with Gasteiger partial charge in [-0.05, 0) is 47.7 Å². The maximum atomic E-state index is 12.9. The van der Waals surface area contributed by atoms with Crippen molar-refractivity contribution < 1.29 is 13.2 Å². The van der Waals surface area contributed by atoms with E-state index < -0.39 is 10.0 Å². The molecule has 0 saturated heterocycles. The summed E-state index contributed by atoms with van der Waals surface area (Å²) >= 11 is 0. The van der Waals surface area contributed by atoms with E-state index in [1.807, 2.05) is 32.0 Å². The van der Waals surface area contributed by atoms with Gasteiger partial charge in [-0.2, -0.15) is 0 Å². The summed E-state index contributed by atoms with van der Waals surface area (Å²) in [5.74, 6) is 0.613. The van der Waals surface area contributed by atoms with E-state index in [1.54, 1.807) is 31.6 Å². The maximum Gasteiger partial charge on any atom is 0.246 e. The summed E-state index contributed by atoms with van der Waals surface area (Å²) in [7, 11) is -0.533. The van der Waals surface area contributed by atoms with Gasteiger partial charge < -0.3 is 4.74 Å². The molecule has 0 amide bonds. The van der Waals surface area contributed by atoms with E-state index in [9.17, 15) is 8.42 Å². The fourth-order valence-electron chi connectivity index (χ4n) is 2.38. The van der Waals surface area contributed by atoms with Gasteiger partial charge in [0.15, 0.2) is 0 Å². The Balaban J connectivity index is 2.26. The highest BCUT2D eigenvalue weighted by atomic mass is 32.2. The number of likely N-dealkylation sites (N-methyl/N-ethyl adjacent to an activating group) is 1. The molecule has 24 heavy (non-hydrogen) atoms. The molecule has 0 aliphatic rings. The number of hydrogen-bond donors (Lipinski definition) is 0. The molecule has 2 rings (SSSR count). The zero-order valence-electron chi connectivity index (χ0n) is 14.6. The van der Waals surface area contributed by atoms with Crippen LogP contribution in [0.3, 0.4) is 0 Å². The van der Waals surface area contributed by atoms with Gasteiger partial charge in [0.1, 0.15) is 10.6 Å². The van der Waals surface area contributed by atoms with Crippen LogP contribution in [0.15, 0.2) is 47.6 Å². The fraction of sp³-hybridized carbons (Fsp3) is 0.389. The zero-order valence-corrected chi connectivity index (χ0v) is 15.4. The highest BCUT2D eigenvalue weighted by Gasteiger charge is 2.25. The van der Waals surface area contributed by atoms with Gasteiger partial charge in [0, 0.05) is 26.0 Å². The van der Waals surface area contributed by atoms with Crippen LogP contribution in [-0.4, -0.2) is 38.4 Å². The molecule has 0 saturated carbocycles. The van der Waals surface area contributed by atoms with Gasteiger partial charge in [0.25, 0.3) is 0 Å². The monoisotopic (exact) mass is 348 g/mol. The van der Waals surface area contributed by atoms with Crippen LogP contribution in [0.2, 0.25) is 0 Å². The minimum absolute atomic E-state index is 0.216. The highest BCUT2D eigenvalue weighted by molar-refractivity contribution is 7.89. The lowest BCUT2D eigenvalue weighted by Crippen LogP contribution is -2.29. The smallest absolute Gasteiger partial charge is 0.246 e. The van der Waals surface area contributed by atoms with E-state index in [0.29, 0.717) is 18.7 Å². The van der Waals surface area contributed by atoms with Gasteiger partial charge in [-0.1, -0.05) is 19.9 Å². The lowest BCUT2D eigenvalue weighted by Gasteiger charge is -2.20. The van der Waals surface area contributed by atoms with Crippen LogP contribution >= 0.6 is 0 Å². The summed E-state index contributed by atoms with van der Waals surface area (Å²) in [5.41, 5.74) is 2.02. The van der Waals surface area contributed by atoms with Crippen molar-refractivity contribution in [2.24, 2.45) is 0 Å². The number of aromatic nitrogens is 1. The Hall–Kier alpha value is -1.92. The summed E-state index contributed by atoms with van der Waals surface area (Å²) in [6.45, 7) is 4.46. The Bertz CT molecular complexity index is 774. The molecule has 0 unspecified atom stereocenters. The fourth-order valence-corrected chi connectivity index (χ4v) is 3.74. The quantitative estimate of drug-likeness (QED) is 0.771. The van der Waals surface area contributed by atoms with E-state index in [4.69, 9.17) is 4.74 Å². The maximum absolute atomic E-state index is 12.9. The van der Waals surface area contributed by atoms with E-state index in [1.165, 1.54) is 11.4 Å². The minimum atomic E-state index is -3.62. The van der Waals surface area contributed by atoms with Crippen molar-refractivity contribution in [1.82, 2.24) is 9.29 Å². The molecule has 2 aromatic rings. The van der Waals surface area contributed by atoms with Crippen LogP contribution in [0.4, 0.5) is 0 Å². The Morgan fingerprint density at radius 3 is 2.42 bits per heavy atom. The zero-order chi connectivity index (χ0) is 17.7. The summed E-state index contributed by atoms with van der Waals surface area (Å²) < 4.78 is 32.5. The van der Waals surface area contributed by atoms with Gasteiger partial charge in [-0.3, -0.25) is 4.98 Å². The molecule has 1 aromatic heterocycles. The van der Waals surface area contributed by atoms with E-state index in [-0.39, 0.29) is 10.8 Å². The number of benzene rings is 1. The number of sulfonamides is 1. The van der Waals surface area contributed by atoms with Crippen molar-refractivity contribution >= 4 is 10.0 Å². The van der Waals surface area contributed by atoms with Crippen molar-refractivity contribution in [3.63, 3.8) is 0 Å². The minimum Gasteiger partial charge on any atom is -0.495 e. The molecular weight excluding hydrogens is 324 g/mol. The molecule has 0 N–H and O–H groups in total. The first-order chi connectivity index (χ1) is 11.4. The first-order valence-corrected chi connectivity index (χ1v) is 9.33. The van der Waals surface area contributed by atoms with Gasteiger partial charge in [0.2, 0.25) is 10.0 Å². The molecule has 0 bridgehead atoms. The highest BCUT2D eigenvalue weighted by Crippen LogP contribution is 2.29. The van der Waals surface area contributed by atoms with Crippen molar-refractivity contribution in [2.45, 2.75) is 31.1 Å². The first kappa shape index (κ1) is 18.4. The summed E-state index contributed by atoms with van der Waals surface area (Å²) in [4.78, 5) is 4.19. The van der Waals surface area contributed by atoms with Gasteiger partial charge in [0.05, 0.1) is 7.11 Å². The molecule has 0 aliphatic heterocycles. The number of ether oxygens (including phenoxy) is 1. The van der Waals surface area contributed by atoms with Crippen LogP contribution in [0.5, 0.6) is 5.75 Å². The topological polar surface area (TPSA) is 59.5 Å². The van der Waals surface area contributed by atoms with E-state index in [2.05, 4.69) is 4.98 Å². The second kappa shape index (κ2) is 7.77. The van der Waals surface area contributed by atoms with E-state index in [0.717, 1.165) is 11.1 Å². The largest absolute Gasteiger partial charge is 0.495 e. The average Bonchev–Trinajstić information content (AvgIpc) is 2.59. The molecule has 130 valence electrons. The van der Waals surface area contributed by atoms with Gasteiger partial charge >= 0.3 is 0 Å². The third-order valence-corrected chi connectivity index (χ3v) is 5.89. The Morgan fingerprint density at radius 2 is 1.83 bits per heavy atom. The molecule has 0 radical (unpaired) electrons. The predicted octanol–water partition coefficient (Wildman–Crippen LogP) is 3.08. The SMILES string of the molecule is COc1ccc(C(C)C)cc1S(=O)(=O)N(C)CCc1ccncc1. The summed E-state index contributed by atoms with van der Waals surface area (Å²) in [6, 6.07) is 9.11. The number of pyridine rings is 1. The number of nitrogens with zero attached hydrogens (tertiary/aromatic N) is 2. The number of methoxy groups -OCH3 is 1. The molecule has 0 aliphatic carbocycles. The van der Waals surface area contributed by atoms with Crippen LogP contribution < -0.4 is 4.74 Å². The van der Waals surface area contributed by atoms with E-state index >= 15 is 0 Å². The lowest BCUT2D eigenvalue weighted by atomic mass is 10.0. The molecule has 1 heterocycles. The van der Waals surface area contributed by atoms with Crippen molar-refractivity contribution in [1.29, 1.82) is 0 Å². The van der Waals surface area contributed by atoms with Crippen LogP contribution in [-0.2, 0) is 16.4 Å². The lowest BCUT2D eigenvalue weighted by molar-refractivity contribution is 0.398. The van der Waals surface area contributed by atoms with Gasteiger partial charge in [-0.25, -0.2) is 12.7 Å². The van der Waals surface area contributed by atoms with Crippen molar-refractivity contribution in [3.05, 3.63) is 53.9 Å². The standard InChI is InChI=1S/C18H24N2O3S/c1-14(2)16-5-6-17(23-4)18(13-16)24(21,22)20(3)12-9-15-7-10-19-11-8-15/h5-8,10-11,13-14H,9,12H2,1-4H3. The Labute approximate surface area is 144 Å². The number of hydrogen-bond acceptors (Lipinski definition) is 4. The third kappa shape index (κ3) is 4.13. The summed E-state index contributed by atoms with van der Waals surface area (Å²) in [5, 5.41) is 0. The molecule has 0 fully saturated rings. The molecular formula is C18H24N2O3S. The first-order valence-electron chi connectivity index (χ1n) is 7.89. The van der Waals surface area contributed by atoms with Crippen LogP contribution in [0, 0.1) is 0 Å². The second-order valence-corrected chi connectivity index (χ2v) is 8.01. The van der Waals surface area contributed by atoms with Crippen molar-refractivity contribution in [3.8, 4) is 5.75 Å². The molecule has 1 aromatic carbocycles. The molecule has 0 spiro atoms. The normalized spacial score (nSPS) is 11.9. The summed E-state index contributed by atoms with van der Waals surface area (Å²) in [6.07, 6.45) is 4.04. The molecule has 0 atom stereocenters. The molecule has 6 heteroatoms. The number of rotatable bonds is 7. The Kier molecular flexibility index (Phi) is 5.96. The molecule has 5 nitrogen and oxygen atoms in total. The van der Waals surface area contributed by atoms with Crippen LogP contribution in [0.1, 0.15) is 30.9 Å². The third-order valence-electron chi connectivity index (χ3n) is 4.01.